The van der Waals surface area contributed by atoms with E-state index in [1.807, 2.05) is 0 Å². The molecular weight excluding hydrogens is 276 g/mol. The molecule has 0 aromatic heterocycles. The van der Waals surface area contributed by atoms with Gasteiger partial charge in [-0.15, -0.1) is 0 Å². The molecule has 0 radical (unpaired) electrons. The predicted molar refractivity (Wildman–Crippen MR) is 77.1 cm³/mol. The van der Waals surface area contributed by atoms with E-state index in [1.165, 1.54) is 6.42 Å². The fourth-order valence-corrected chi connectivity index (χ4v) is 5.44. The third-order valence-electron chi connectivity index (χ3n) is 6.54. The highest BCUT2D eigenvalue weighted by Gasteiger charge is 2.69. The monoisotopic (exact) mass is 299 g/mol. The minimum absolute atomic E-state index is 0.0330. The average molecular weight is 300 g/mol. The Labute approximate surface area is 126 Å². The molecule has 2 heterocycles. The molecular formula is C14H23BClNO3. The molecule has 112 valence electrons. The van der Waals surface area contributed by atoms with Crippen molar-refractivity contribution in [3.8, 4) is 0 Å². The largest absolute Gasteiger partial charge is 0.477 e. The molecule has 6 heteroatoms. The summed E-state index contributed by atoms with van der Waals surface area (Å²) in [6, 6.07) is 0. The van der Waals surface area contributed by atoms with Crippen molar-refractivity contribution in [3.05, 3.63) is 0 Å². The third kappa shape index (κ3) is 1.64. The first kappa shape index (κ1) is 13.8. The Hall–Kier alpha value is 0.195. The fourth-order valence-electron chi connectivity index (χ4n) is 5.11. The van der Waals surface area contributed by atoms with Crippen LogP contribution < -0.4 is 0 Å². The average Bonchev–Trinajstić information content (AvgIpc) is 2.87. The van der Waals surface area contributed by atoms with Crippen molar-refractivity contribution < 1.29 is 14.4 Å². The summed E-state index contributed by atoms with van der Waals surface area (Å²) in [6.07, 6.45) is 2.80. The van der Waals surface area contributed by atoms with Crippen molar-refractivity contribution in [1.29, 1.82) is 0 Å². The summed E-state index contributed by atoms with van der Waals surface area (Å²) in [5, 5.41) is 9.76. The van der Waals surface area contributed by atoms with Crippen molar-refractivity contribution in [3.63, 3.8) is 0 Å². The van der Waals surface area contributed by atoms with Gasteiger partial charge in [-0.2, -0.15) is 0 Å². The Morgan fingerprint density at radius 1 is 1.25 bits per heavy atom. The van der Waals surface area contributed by atoms with Crippen LogP contribution in [0.4, 0.5) is 0 Å². The van der Waals surface area contributed by atoms with E-state index < -0.39 is 0 Å². The lowest BCUT2D eigenvalue weighted by Gasteiger charge is -2.64. The van der Waals surface area contributed by atoms with Crippen molar-refractivity contribution in [2.24, 2.45) is 17.3 Å². The van der Waals surface area contributed by atoms with Crippen LogP contribution in [0.2, 0.25) is 0 Å². The molecule has 1 N–H and O–H groups in total. The zero-order valence-electron chi connectivity index (χ0n) is 12.4. The number of β-amino-alcohol motifs (C(OH)–C–C–N with tert-alkyl or cyclic N) is 1. The number of aliphatic hydroxyl groups is 1. The molecule has 0 aromatic carbocycles. The van der Waals surface area contributed by atoms with Gasteiger partial charge in [-0.25, -0.2) is 4.42 Å². The summed E-state index contributed by atoms with van der Waals surface area (Å²) in [5.74, 6) is 1.29. The standard InChI is InChI=1S/C14H23BClNO3/c1-13(2)8-4-10(13)14(3)11(5-8)19-15(20-14)12-6-9(18)7-17(12)16/h8-12,18H,4-7H2,1-3H3/t8?,9-,10?,11?,12?,14-/m0/s1. The first-order valence-electron chi connectivity index (χ1n) is 7.76. The maximum absolute atomic E-state index is 9.76. The molecule has 2 bridgehead atoms. The van der Waals surface area contributed by atoms with Gasteiger partial charge in [-0.3, -0.25) is 0 Å². The molecule has 0 aromatic rings. The number of hydrogen-bond acceptors (Lipinski definition) is 4. The lowest BCUT2D eigenvalue weighted by atomic mass is 9.43. The zero-order valence-corrected chi connectivity index (χ0v) is 13.1. The highest BCUT2D eigenvalue weighted by Crippen LogP contribution is 2.65. The fraction of sp³-hybridized carbons (Fsp3) is 1.00. The highest BCUT2D eigenvalue weighted by molar-refractivity contribution is 6.48. The van der Waals surface area contributed by atoms with E-state index in [0.29, 0.717) is 24.3 Å². The van der Waals surface area contributed by atoms with Gasteiger partial charge in [0.2, 0.25) is 0 Å². The summed E-state index contributed by atoms with van der Waals surface area (Å²) >= 11 is 6.21. The van der Waals surface area contributed by atoms with Gasteiger partial charge in [0.25, 0.3) is 0 Å². The van der Waals surface area contributed by atoms with Gasteiger partial charge in [0.15, 0.2) is 0 Å². The number of halogens is 1. The summed E-state index contributed by atoms with van der Waals surface area (Å²) in [7, 11) is -0.296. The smallest absolute Gasteiger partial charge is 0.404 e. The lowest BCUT2D eigenvalue weighted by Crippen LogP contribution is -2.65. The molecule has 5 rings (SSSR count). The van der Waals surface area contributed by atoms with Crippen LogP contribution in [0.1, 0.15) is 40.0 Å². The molecule has 4 nitrogen and oxygen atoms in total. The molecule has 0 spiro atoms. The van der Waals surface area contributed by atoms with E-state index in [0.717, 1.165) is 12.3 Å². The highest BCUT2D eigenvalue weighted by atomic mass is 35.5. The SMILES string of the molecule is CC1(C)C2CC3OB(C4C[C@H](O)CN4Cl)O[C@@]3(C)C1C2. The minimum Gasteiger partial charge on any atom is -0.404 e. The van der Waals surface area contributed by atoms with Gasteiger partial charge in [-0.1, -0.05) is 13.8 Å². The molecule has 4 unspecified atom stereocenters. The molecule has 3 aliphatic carbocycles. The molecule has 3 saturated carbocycles. The topological polar surface area (TPSA) is 41.9 Å². The zero-order chi connectivity index (χ0) is 14.3. The second-order valence-electron chi connectivity index (χ2n) is 7.88. The lowest BCUT2D eigenvalue weighted by molar-refractivity contribution is -0.199. The van der Waals surface area contributed by atoms with Gasteiger partial charge in [0.1, 0.15) is 0 Å². The van der Waals surface area contributed by atoms with Crippen molar-refractivity contribution in [1.82, 2.24) is 4.42 Å². The Morgan fingerprint density at radius 2 is 2.00 bits per heavy atom. The Morgan fingerprint density at radius 3 is 2.60 bits per heavy atom. The number of nitrogens with zero attached hydrogens (tertiary/aromatic N) is 1. The van der Waals surface area contributed by atoms with Gasteiger partial charge < -0.3 is 14.4 Å². The van der Waals surface area contributed by atoms with Crippen molar-refractivity contribution >= 4 is 18.9 Å². The molecule has 6 atom stereocenters. The number of aliphatic hydroxyl groups excluding tert-OH is 1. The van der Waals surface area contributed by atoms with Crippen LogP contribution in [0, 0.1) is 17.3 Å². The second kappa shape index (κ2) is 4.14. The first-order chi connectivity index (χ1) is 9.32. The van der Waals surface area contributed by atoms with E-state index in [1.54, 1.807) is 4.42 Å². The Balaban J connectivity index is 1.55. The van der Waals surface area contributed by atoms with Crippen LogP contribution in [-0.2, 0) is 9.31 Å². The van der Waals surface area contributed by atoms with E-state index in [2.05, 4.69) is 20.8 Å². The van der Waals surface area contributed by atoms with Crippen LogP contribution in [0.15, 0.2) is 0 Å². The first-order valence-corrected chi connectivity index (χ1v) is 8.10. The number of hydrogen-bond donors (Lipinski definition) is 1. The summed E-state index contributed by atoms with van der Waals surface area (Å²) < 4.78 is 14.2. The normalized spacial score (nSPS) is 53.9. The molecule has 2 aliphatic heterocycles. The predicted octanol–water partition coefficient (Wildman–Crippen LogP) is 1.84. The van der Waals surface area contributed by atoms with Crippen LogP contribution >= 0.6 is 11.8 Å². The van der Waals surface area contributed by atoms with E-state index in [4.69, 9.17) is 21.1 Å². The molecule has 2 saturated heterocycles. The van der Waals surface area contributed by atoms with E-state index >= 15 is 0 Å². The Bertz CT molecular complexity index is 437. The second-order valence-corrected chi connectivity index (χ2v) is 8.31. The third-order valence-corrected chi connectivity index (χ3v) is 6.93. The van der Waals surface area contributed by atoms with Crippen LogP contribution in [-0.4, -0.2) is 46.9 Å². The summed E-state index contributed by atoms with van der Waals surface area (Å²) in [4.78, 5) is 0. The van der Waals surface area contributed by atoms with Crippen LogP contribution in [0.3, 0.4) is 0 Å². The molecule has 20 heavy (non-hydrogen) atoms. The minimum atomic E-state index is -0.370. The molecule has 5 fully saturated rings. The molecule has 0 amide bonds. The maximum atomic E-state index is 9.76. The van der Waals surface area contributed by atoms with Crippen LogP contribution in [0.25, 0.3) is 0 Å². The van der Waals surface area contributed by atoms with E-state index in [9.17, 15) is 5.11 Å². The summed E-state index contributed by atoms with van der Waals surface area (Å²) in [6.45, 7) is 7.42. The van der Waals surface area contributed by atoms with Gasteiger partial charge in [0, 0.05) is 6.54 Å². The summed E-state index contributed by atoms with van der Waals surface area (Å²) in [5.41, 5.74) is 0.174. The van der Waals surface area contributed by atoms with Gasteiger partial charge in [-0.05, 0) is 55.2 Å². The number of rotatable bonds is 1. The van der Waals surface area contributed by atoms with Crippen LogP contribution in [0.5, 0.6) is 0 Å². The Kier molecular flexibility index (Phi) is 2.86. The van der Waals surface area contributed by atoms with E-state index in [-0.39, 0.29) is 30.9 Å². The maximum Gasteiger partial charge on any atom is 0.477 e. The quantitative estimate of drug-likeness (QED) is 0.593. The van der Waals surface area contributed by atoms with Gasteiger partial charge >= 0.3 is 7.12 Å². The van der Waals surface area contributed by atoms with Crippen molar-refractivity contribution in [2.75, 3.05) is 6.54 Å². The molecule has 5 aliphatic rings. The van der Waals surface area contributed by atoms with Gasteiger partial charge in [0.05, 0.1) is 23.8 Å². The van der Waals surface area contributed by atoms with Crippen molar-refractivity contribution in [2.45, 2.75) is 63.8 Å².